The van der Waals surface area contributed by atoms with Crippen LogP contribution in [0.4, 0.5) is 8.78 Å². The molecule has 0 aliphatic rings. The Morgan fingerprint density at radius 1 is 1.50 bits per heavy atom. The second-order valence-electron chi connectivity index (χ2n) is 3.37. The Kier molecular flexibility index (Phi) is 4.37. The van der Waals surface area contributed by atoms with Crippen molar-refractivity contribution in [1.82, 2.24) is 0 Å². The molecule has 1 rings (SSSR count). The monoisotopic (exact) mass is 230 g/mol. The normalized spacial score (nSPS) is 12.2. The highest BCUT2D eigenvalue weighted by Gasteiger charge is 2.19. The van der Waals surface area contributed by atoms with E-state index in [1.54, 1.807) is 6.92 Å². The van der Waals surface area contributed by atoms with Gasteiger partial charge in [-0.05, 0) is 19.1 Å². The number of carbonyl (C=O) groups excluding carboxylic acids is 1. The standard InChI is InChI=1S/C11H13F2NO2/c1-2-16-11(15)6-10(14)8-4-3-7(12)5-9(8)13/h3-5,10H,2,6,14H2,1H3/p+1/t10-/m0/s1. The zero-order valence-corrected chi connectivity index (χ0v) is 9.00. The first-order valence-corrected chi connectivity index (χ1v) is 4.98. The van der Waals surface area contributed by atoms with Gasteiger partial charge in [0.15, 0.2) is 0 Å². The average Bonchev–Trinajstić information content (AvgIpc) is 2.17. The molecule has 0 amide bonds. The zero-order chi connectivity index (χ0) is 12.1. The molecule has 0 unspecified atom stereocenters. The van der Waals surface area contributed by atoms with Crippen LogP contribution in [0.25, 0.3) is 0 Å². The summed E-state index contributed by atoms with van der Waals surface area (Å²) in [5.41, 5.74) is 3.87. The molecule has 5 heteroatoms. The lowest BCUT2D eigenvalue weighted by molar-refractivity contribution is -0.426. The van der Waals surface area contributed by atoms with E-state index in [1.165, 1.54) is 6.07 Å². The first-order chi connectivity index (χ1) is 7.54. The van der Waals surface area contributed by atoms with Crippen LogP contribution in [-0.2, 0) is 9.53 Å². The molecule has 16 heavy (non-hydrogen) atoms. The Morgan fingerprint density at radius 3 is 2.75 bits per heavy atom. The van der Waals surface area contributed by atoms with Gasteiger partial charge in [-0.1, -0.05) is 0 Å². The van der Waals surface area contributed by atoms with Crippen molar-refractivity contribution in [2.45, 2.75) is 19.4 Å². The van der Waals surface area contributed by atoms with Crippen molar-refractivity contribution < 1.29 is 24.0 Å². The number of rotatable bonds is 4. The van der Waals surface area contributed by atoms with Crippen molar-refractivity contribution >= 4 is 5.97 Å². The predicted octanol–water partition coefficient (Wildman–Crippen LogP) is 1.20. The molecule has 3 N–H and O–H groups in total. The molecule has 0 fully saturated rings. The minimum Gasteiger partial charge on any atom is -0.466 e. The van der Waals surface area contributed by atoms with E-state index in [1.807, 2.05) is 0 Å². The second kappa shape index (κ2) is 5.55. The molecule has 0 saturated carbocycles. The van der Waals surface area contributed by atoms with E-state index in [-0.39, 0.29) is 18.6 Å². The van der Waals surface area contributed by atoms with Crippen LogP contribution in [0.5, 0.6) is 0 Å². The van der Waals surface area contributed by atoms with E-state index < -0.39 is 23.6 Å². The lowest BCUT2D eigenvalue weighted by Gasteiger charge is -2.09. The predicted molar refractivity (Wildman–Crippen MR) is 53.2 cm³/mol. The van der Waals surface area contributed by atoms with Gasteiger partial charge in [0.25, 0.3) is 0 Å². The molecule has 0 aromatic heterocycles. The third kappa shape index (κ3) is 3.27. The average molecular weight is 230 g/mol. The molecule has 88 valence electrons. The molecule has 0 spiro atoms. The van der Waals surface area contributed by atoms with Crippen LogP contribution in [0.1, 0.15) is 24.9 Å². The number of hydrogen-bond acceptors (Lipinski definition) is 2. The maximum Gasteiger partial charge on any atom is 0.312 e. The SMILES string of the molecule is CCOC(=O)C[C@H]([NH3+])c1ccc(F)cc1F. The summed E-state index contributed by atoms with van der Waals surface area (Å²) >= 11 is 0. The number of ether oxygens (including phenoxy) is 1. The molecule has 0 aliphatic heterocycles. The third-order valence-corrected chi connectivity index (χ3v) is 2.12. The summed E-state index contributed by atoms with van der Waals surface area (Å²) in [6.07, 6.45) is -0.0175. The fraction of sp³-hybridized carbons (Fsp3) is 0.364. The number of hydrogen-bond donors (Lipinski definition) is 1. The topological polar surface area (TPSA) is 53.9 Å². The van der Waals surface area contributed by atoms with Crippen LogP contribution in [0.15, 0.2) is 18.2 Å². The van der Waals surface area contributed by atoms with Gasteiger partial charge in [-0.2, -0.15) is 0 Å². The molecular formula is C11H14F2NO2+. The summed E-state index contributed by atoms with van der Waals surface area (Å²) in [7, 11) is 0. The fourth-order valence-corrected chi connectivity index (χ4v) is 1.36. The van der Waals surface area contributed by atoms with Gasteiger partial charge in [0.1, 0.15) is 24.1 Å². The molecular weight excluding hydrogens is 216 g/mol. The number of carbonyl (C=O) groups is 1. The Labute approximate surface area is 92.2 Å². The summed E-state index contributed by atoms with van der Waals surface area (Å²) in [4.78, 5) is 11.1. The number of benzene rings is 1. The quantitative estimate of drug-likeness (QED) is 0.790. The maximum absolute atomic E-state index is 13.3. The number of quaternary nitrogens is 1. The van der Waals surface area contributed by atoms with Crippen LogP contribution >= 0.6 is 0 Å². The van der Waals surface area contributed by atoms with Gasteiger partial charge in [0.2, 0.25) is 0 Å². The molecule has 1 aromatic rings. The second-order valence-corrected chi connectivity index (χ2v) is 3.37. The molecule has 3 nitrogen and oxygen atoms in total. The first-order valence-electron chi connectivity index (χ1n) is 4.98. The Balaban J connectivity index is 2.72. The Hall–Kier alpha value is -1.49. The van der Waals surface area contributed by atoms with Gasteiger partial charge < -0.3 is 10.5 Å². The van der Waals surface area contributed by atoms with E-state index in [2.05, 4.69) is 5.73 Å². The summed E-state index contributed by atoms with van der Waals surface area (Å²) in [5, 5.41) is 0. The fourth-order valence-electron chi connectivity index (χ4n) is 1.36. The minimum atomic E-state index is -0.690. The number of halogens is 2. The van der Waals surface area contributed by atoms with Gasteiger partial charge in [-0.3, -0.25) is 4.79 Å². The van der Waals surface area contributed by atoms with Crippen molar-refractivity contribution in [1.29, 1.82) is 0 Å². The smallest absolute Gasteiger partial charge is 0.312 e. The van der Waals surface area contributed by atoms with Gasteiger partial charge >= 0.3 is 5.97 Å². The first kappa shape index (κ1) is 12.6. The molecule has 1 aromatic carbocycles. The molecule has 0 radical (unpaired) electrons. The van der Waals surface area contributed by atoms with Crippen LogP contribution in [0.3, 0.4) is 0 Å². The van der Waals surface area contributed by atoms with Crippen molar-refractivity contribution in [2.75, 3.05) is 6.61 Å². The zero-order valence-electron chi connectivity index (χ0n) is 9.00. The van der Waals surface area contributed by atoms with Crippen LogP contribution in [0, 0.1) is 11.6 Å². The highest BCUT2D eigenvalue weighted by atomic mass is 19.1. The van der Waals surface area contributed by atoms with E-state index >= 15 is 0 Å². The van der Waals surface area contributed by atoms with E-state index in [9.17, 15) is 13.6 Å². The highest BCUT2D eigenvalue weighted by molar-refractivity contribution is 5.70. The van der Waals surface area contributed by atoms with Crippen LogP contribution in [0.2, 0.25) is 0 Å². The highest BCUT2D eigenvalue weighted by Crippen LogP contribution is 2.17. The van der Waals surface area contributed by atoms with Gasteiger partial charge in [0.05, 0.1) is 6.61 Å². The third-order valence-electron chi connectivity index (χ3n) is 2.12. The van der Waals surface area contributed by atoms with E-state index in [0.29, 0.717) is 0 Å². The van der Waals surface area contributed by atoms with Crippen LogP contribution < -0.4 is 5.73 Å². The largest absolute Gasteiger partial charge is 0.466 e. The van der Waals surface area contributed by atoms with Crippen molar-refractivity contribution in [2.24, 2.45) is 0 Å². The molecule has 0 saturated heterocycles. The summed E-state index contributed by atoms with van der Waals surface area (Å²) < 4.78 is 30.7. The van der Waals surface area contributed by atoms with Crippen molar-refractivity contribution in [3.8, 4) is 0 Å². The Bertz CT molecular complexity index is 382. The van der Waals surface area contributed by atoms with Gasteiger partial charge in [0, 0.05) is 11.6 Å². The van der Waals surface area contributed by atoms with Crippen LogP contribution in [-0.4, -0.2) is 12.6 Å². The van der Waals surface area contributed by atoms with Crippen molar-refractivity contribution in [3.05, 3.63) is 35.4 Å². The lowest BCUT2D eigenvalue weighted by Crippen LogP contribution is -2.54. The van der Waals surface area contributed by atoms with E-state index in [0.717, 1.165) is 12.1 Å². The molecule has 0 heterocycles. The molecule has 1 atom stereocenters. The molecule has 0 bridgehead atoms. The molecule has 0 aliphatic carbocycles. The summed E-state index contributed by atoms with van der Waals surface area (Å²) in [6.45, 7) is 1.96. The maximum atomic E-state index is 13.3. The van der Waals surface area contributed by atoms with Gasteiger partial charge in [-0.25, -0.2) is 8.78 Å². The number of esters is 1. The van der Waals surface area contributed by atoms with Crippen molar-refractivity contribution in [3.63, 3.8) is 0 Å². The van der Waals surface area contributed by atoms with Gasteiger partial charge in [-0.15, -0.1) is 0 Å². The van der Waals surface area contributed by atoms with E-state index in [4.69, 9.17) is 4.74 Å². The lowest BCUT2D eigenvalue weighted by atomic mass is 10.0. The Morgan fingerprint density at radius 2 is 2.19 bits per heavy atom. The summed E-state index contributed by atoms with van der Waals surface area (Å²) in [6, 6.07) is 2.64. The summed E-state index contributed by atoms with van der Waals surface area (Å²) in [5.74, 6) is -1.78. The minimum absolute atomic E-state index is 0.0175.